The van der Waals surface area contributed by atoms with Crippen molar-refractivity contribution in [3.63, 3.8) is 0 Å². The van der Waals surface area contributed by atoms with Crippen LogP contribution in [-0.4, -0.2) is 30.2 Å². The van der Waals surface area contributed by atoms with E-state index in [-0.39, 0.29) is 5.91 Å². The molecule has 3 heterocycles. The molecule has 9 heteroatoms. The number of nitrogens with one attached hydrogen (secondary N) is 1. The number of aromatic nitrogens is 5. The highest BCUT2D eigenvalue weighted by Gasteiger charge is 2.39. The van der Waals surface area contributed by atoms with Crippen LogP contribution < -0.4 is 5.32 Å². The topological polar surface area (TPSA) is 77.6 Å². The zero-order valence-electron chi connectivity index (χ0n) is 20.4. The number of imidazole rings is 1. The smallest absolute Gasteiger partial charge is 0.253 e. The van der Waals surface area contributed by atoms with Gasteiger partial charge in [-0.25, -0.2) is 14.6 Å². The van der Waals surface area contributed by atoms with Gasteiger partial charge in [-0.15, -0.1) is 0 Å². The quantitative estimate of drug-likeness (QED) is 0.318. The molecule has 7 nitrogen and oxygen atoms in total. The Morgan fingerprint density at radius 1 is 1.05 bits per heavy atom. The SMILES string of the molecule is Cc1ccc2c(c1)nc1n2C[C@@](NC(=O)c2ccc(-n3cnc(C)n3)cc2Cl)(c2cccc(Cl)c2)CC1. The van der Waals surface area contributed by atoms with E-state index in [1.54, 1.807) is 23.1 Å². The molecule has 1 atom stereocenters. The molecule has 0 unspecified atom stereocenters. The minimum absolute atomic E-state index is 0.255. The van der Waals surface area contributed by atoms with Crippen LogP contribution in [0.4, 0.5) is 0 Å². The second kappa shape index (κ2) is 9.01. The summed E-state index contributed by atoms with van der Waals surface area (Å²) in [5.41, 5.74) is 4.54. The molecule has 0 spiro atoms. The van der Waals surface area contributed by atoms with Crippen molar-refractivity contribution in [1.82, 2.24) is 29.6 Å². The van der Waals surface area contributed by atoms with Crippen molar-refractivity contribution in [3.05, 3.63) is 105 Å². The van der Waals surface area contributed by atoms with Crippen molar-refractivity contribution < 1.29 is 4.79 Å². The molecule has 0 saturated carbocycles. The van der Waals surface area contributed by atoms with Gasteiger partial charge in [0.1, 0.15) is 18.0 Å². The number of hydrogen-bond donors (Lipinski definition) is 1. The van der Waals surface area contributed by atoms with Crippen molar-refractivity contribution in [2.75, 3.05) is 0 Å². The third-order valence-electron chi connectivity index (χ3n) is 6.98. The summed E-state index contributed by atoms with van der Waals surface area (Å²) in [5, 5.41) is 8.61. The fraction of sp³-hybridized carbons (Fsp3) is 0.214. The molecule has 2 aromatic heterocycles. The van der Waals surface area contributed by atoms with E-state index < -0.39 is 5.54 Å². The fourth-order valence-corrected chi connectivity index (χ4v) is 5.56. The zero-order chi connectivity index (χ0) is 25.7. The van der Waals surface area contributed by atoms with E-state index in [0.717, 1.165) is 33.7 Å². The van der Waals surface area contributed by atoms with E-state index >= 15 is 0 Å². The van der Waals surface area contributed by atoms with Crippen LogP contribution in [0.3, 0.4) is 0 Å². The molecule has 3 aromatic carbocycles. The third kappa shape index (κ3) is 4.28. The standard InChI is InChI=1S/C28H24Cl2N6O/c1-17-6-9-25-24(12-17)32-26-10-11-28(15-35(25)26,19-4-3-5-20(29)13-19)33-27(37)22-8-7-21(14-23(22)30)36-16-31-18(2)34-36/h3-9,12-14,16H,10-11,15H2,1-2H3,(H,33,37)/t28-/m1/s1. The van der Waals surface area contributed by atoms with E-state index in [1.807, 2.05) is 37.3 Å². The molecular weight excluding hydrogens is 507 g/mol. The highest BCUT2D eigenvalue weighted by Crippen LogP contribution is 2.37. The summed E-state index contributed by atoms with van der Waals surface area (Å²) in [7, 11) is 0. The summed E-state index contributed by atoms with van der Waals surface area (Å²) in [6.45, 7) is 4.41. The monoisotopic (exact) mass is 530 g/mol. The zero-order valence-corrected chi connectivity index (χ0v) is 21.9. The van der Waals surface area contributed by atoms with Crippen LogP contribution in [0, 0.1) is 13.8 Å². The molecule has 1 aliphatic heterocycles. The molecule has 1 N–H and O–H groups in total. The van der Waals surface area contributed by atoms with Crippen LogP contribution in [0.1, 0.15) is 39.6 Å². The fourth-order valence-electron chi connectivity index (χ4n) is 5.11. The number of halogens is 2. The molecule has 0 bridgehead atoms. The number of carbonyl (C=O) groups is 1. The number of fused-ring (bicyclic) bond motifs is 3. The van der Waals surface area contributed by atoms with Crippen molar-refractivity contribution >= 4 is 40.1 Å². The van der Waals surface area contributed by atoms with Crippen molar-refractivity contribution in [2.45, 2.75) is 38.8 Å². The number of carbonyl (C=O) groups excluding carboxylic acids is 1. The average Bonchev–Trinajstić information content (AvgIpc) is 3.46. The van der Waals surface area contributed by atoms with Crippen LogP contribution in [0.25, 0.3) is 16.7 Å². The first-order valence-corrected chi connectivity index (χ1v) is 12.8. The number of benzene rings is 3. The average molecular weight is 531 g/mol. The molecule has 0 fully saturated rings. The maximum absolute atomic E-state index is 13.7. The molecule has 37 heavy (non-hydrogen) atoms. The Morgan fingerprint density at radius 2 is 1.92 bits per heavy atom. The van der Waals surface area contributed by atoms with Gasteiger partial charge in [0.25, 0.3) is 5.91 Å². The van der Waals surface area contributed by atoms with Crippen LogP contribution in [0.2, 0.25) is 10.0 Å². The largest absolute Gasteiger partial charge is 0.341 e. The molecule has 1 amide bonds. The lowest BCUT2D eigenvalue weighted by Gasteiger charge is -2.39. The summed E-state index contributed by atoms with van der Waals surface area (Å²) in [6, 6.07) is 19.2. The highest BCUT2D eigenvalue weighted by atomic mass is 35.5. The van der Waals surface area contributed by atoms with Crippen molar-refractivity contribution in [3.8, 4) is 5.69 Å². The summed E-state index contributed by atoms with van der Waals surface area (Å²) in [6.07, 6.45) is 3.00. The van der Waals surface area contributed by atoms with Gasteiger partial charge in [-0.05, 0) is 73.9 Å². The van der Waals surface area contributed by atoms with Gasteiger partial charge < -0.3 is 9.88 Å². The Hall–Kier alpha value is -3.68. The Morgan fingerprint density at radius 3 is 2.68 bits per heavy atom. The minimum atomic E-state index is -0.696. The lowest BCUT2D eigenvalue weighted by molar-refractivity contribution is 0.0867. The molecular formula is C28H24Cl2N6O. The number of aryl methyl sites for hydroxylation is 3. The molecule has 0 aliphatic carbocycles. The van der Waals surface area contributed by atoms with Gasteiger partial charge >= 0.3 is 0 Å². The van der Waals surface area contributed by atoms with Gasteiger partial charge in [0.15, 0.2) is 0 Å². The summed E-state index contributed by atoms with van der Waals surface area (Å²) < 4.78 is 3.84. The van der Waals surface area contributed by atoms with E-state index in [2.05, 4.69) is 45.1 Å². The van der Waals surface area contributed by atoms with Gasteiger partial charge in [0, 0.05) is 11.4 Å². The summed E-state index contributed by atoms with van der Waals surface area (Å²) in [4.78, 5) is 22.8. The van der Waals surface area contributed by atoms with E-state index in [1.165, 1.54) is 0 Å². The predicted octanol–water partition coefficient (Wildman–Crippen LogP) is 5.81. The first-order chi connectivity index (χ1) is 17.8. The Labute approximate surface area is 224 Å². The Kier molecular flexibility index (Phi) is 5.77. The van der Waals surface area contributed by atoms with E-state index in [4.69, 9.17) is 28.2 Å². The van der Waals surface area contributed by atoms with Crippen LogP contribution >= 0.6 is 23.2 Å². The molecule has 5 aromatic rings. The second-order valence-electron chi connectivity index (χ2n) is 9.55. The predicted molar refractivity (Wildman–Crippen MR) is 144 cm³/mol. The normalized spacial score (nSPS) is 17.1. The van der Waals surface area contributed by atoms with Gasteiger partial charge in [0.05, 0.1) is 39.4 Å². The highest BCUT2D eigenvalue weighted by molar-refractivity contribution is 6.34. The lowest BCUT2D eigenvalue weighted by atomic mass is 9.82. The molecule has 0 saturated heterocycles. The molecule has 186 valence electrons. The maximum Gasteiger partial charge on any atom is 0.253 e. The van der Waals surface area contributed by atoms with Gasteiger partial charge in [-0.2, -0.15) is 5.10 Å². The number of hydrogen-bond acceptors (Lipinski definition) is 4. The Bertz CT molecular complexity index is 1670. The maximum atomic E-state index is 13.7. The first kappa shape index (κ1) is 23.7. The van der Waals surface area contributed by atoms with Crippen LogP contribution in [0.5, 0.6) is 0 Å². The lowest BCUT2D eigenvalue weighted by Crippen LogP contribution is -2.51. The molecule has 1 aliphatic rings. The van der Waals surface area contributed by atoms with Crippen LogP contribution in [-0.2, 0) is 18.5 Å². The van der Waals surface area contributed by atoms with E-state index in [0.29, 0.717) is 40.8 Å². The summed E-state index contributed by atoms with van der Waals surface area (Å²) in [5.74, 6) is 1.41. The van der Waals surface area contributed by atoms with Crippen molar-refractivity contribution in [2.24, 2.45) is 0 Å². The first-order valence-electron chi connectivity index (χ1n) is 12.0. The van der Waals surface area contributed by atoms with Gasteiger partial charge in [-0.1, -0.05) is 41.4 Å². The third-order valence-corrected chi connectivity index (χ3v) is 7.53. The van der Waals surface area contributed by atoms with Gasteiger partial charge in [-0.3, -0.25) is 4.79 Å². The Balaban J connectivity index is 1.39. The van der Waals surface area contributed by atoms with E-state index in [9.17, 15) is 4.79 Å². The second-order valence-corrected chi connectivity index (χ2v) is 10.4. The van der Waals surface area contributed by atoms with Crippen LogP contribution in [0.15, 0.2) is 67.0 Å². The molecule has 6 rings (SSSR count). The number of amides is 1. The number of rotatable bonds is 4. The summed E-state index contributed by atoms with van der Waals surface area (Å²) >= 11 is 13.0. The van der Waals surface area contributed by atoms with Crippen molar-refractivity contribution in [1.29, 1.82) is 0 Å². The minimum Gasteiger partial charge on any atom is -0.341 e. The number of nitrogens with zero attached hydrogens (tertiary/aromatic N) is 5. The van der Waals surface area contributed by atoms with Gasteiger partial charge in [0.2, 0.25) is 0 Å². The molecule has 0 radical (unpaired) electrons.